The molecule has 0 saturated carbocycles. The van der Waals surface area contributed by atoms with Crippen LogP contribution in [0.15, 0.2) is 134 Å². The van der Waals surface area contributed by atoms with Crippen LogP contribution in [0.5, 0.6) is 0 Å². The van der Waals surface area contributed by atoms with Gasteiger partial charge in [0.05, 0.1) is 33.0 Å². The summed E-state index contributed by atoms with van der Waals surface area (Å²) in [5.41, 5.74) is 3.98. The second-order valence-electron chi connectivity index (χ2n) is 10.8. The number of hydrogen-bond donors (Lipinski definition) is 1. The van der Waals surface area contributed by atoms with Gasteiger partial charge in [-0.15, -0.1) is 0 Å². The van der Waals surface area contributed by atoms with Crippen molar-refractivity contribution in [3.05, 3.63) is 156 Å². The fourth-order valence-corrected chi connectivity index (χ4v) is 5.09. The van der Waals surface area contributed by atoms with Crippen molar-refractivity contribution in [2.24, 2.45) is 0 Å². The van der Waals surface area contributed by atoms with Gasteiger partial charge in [-0.1, -0.05) is 121 Å². The summed E-state index contributed by atoms with van der Waals surface area (Å²) in [6, 6.07) is 39.0. The molecular formula is C38H41NO7. The lowest BCUT2D eigenvalue weighted by Gasteiger charge is -2.46. The first-order valence-corrected chi connectivity index (χ1v) is 15.6. The minimum atomic E-state index is -0.836. The summed E-state index contributed by atoms with van der Waals surface area (Å²) < 4.78 is 37.8. The monoisotopic (exact) mass is 623 g/mol. The number of carbonyl (C=O) groups is 1. The zero-order valence-electron chi connectivity index (χ0n) is 26.0. The van der Waals surface area contributed by atoms with Crippen molar-refractivity contribution in [3.8, 4) is 0 Å². The summed E-state index contributed by atoms with van der Waals surface area (Å²) in [5.74, 6) is -0.462. The molecule has 4 aromatic carbocycles. The minimum absolute atomic E-state index is 0.275. The van der Waals surface area contributed by atoms with Gasteiger partial charge in [-0.2, -0.15) is 0 Å². The summed E-state index contributed by atoms with van der Waals surface area (Å²) in [7, 11) is 0. The first kappa shape index (κ1) is 33.1. The zero-order chi connectivity index (χ0) is 31.8. The average molecular weight is 624 g/mol. The van der Waals surface area contributed by atoms with Gasteiger partial charge in [0.2, 0.25) is 0 Å². The van der Waals surface area contributed by atoms with E-state index in [0.29, 0.717) is 19.8 Å². The van der Waals surface area contributed by atoms with E-state index >= 15 is 0 Å². The van der Waals surface area contributed by atoms with Crippen molar-refractivity contribution in [2.45, 2.75) is 64.2 Å². The quantitative estimate of drug-likeness (QED) is 0.115. The highest BCUT2D eigenvalue weighted by molar-refractivity contribution is 5.81. The lowest BCUT2D eigenvalue weighted by atomic mass is 10.00. The van der Waals surface area contributed by atoms with E-state index in [9.17, 15) is 4.79 Å². The summed E-state index contributed by atoms with van der Waals surface area (Å²) in [4.78, 5) is 12.2. The lowest BCUT2D eigenvalue weighted by molar-refractivity contribution is -0.345. The second kappa shape index (κ2) is 18.0. The normalized spacial score (nSPS) is 21.2. The van der Waals surface area contributed by atoms with Gasteiger partial charge in [0.15, 0.2) is 12.6 Å². The van der Waals surface area contributed by atoms with Crippen LogP contribution in [0.4, 0.5) is 0 Å². The number of rotatable bonds is 16. The first-order chi connectivity index (χ1) is 22.7. The summed E-state index contributed by atoms with van der Waals surface area (Å²) >= 11 is 0. The summed E-state index contributed by atoms with van der Waals surface area (Å²) in [5, 5.41) is 3.31. The third-order valence-corrected chi connectivity index (χ3v) is 7.39. The van der Waals surface area contributed by atoms with Crippen molar-refractivity contribution in [1.82, 2.24) is 5.32 Å². The molecule has 0 radical (unpaired) electrons. The van der Waals surface area contributed by atoms with E-state index in [0.717, 1.165) is 22.3 Å². The molecule has 5 rings (SSSR count). The van der Waals surface area contributed by atoms with E-state index in [1.807, 2.05) is 121 Å². The molecule has 0 unspecified atom stereocenters. The Labute approximate surface area is 270 Å². The van der Waals surface area contributed by atoms with Gasteiger partial charge < -0.3 is 33.7 Å². The fourth-order valence-electron chi connectivity index (χ4n) is 5.09. The van der Waals surface area contributed by atoms with Crippen LogP contribution in [0, 0.1) is 0 Å². The molecule has 8 nitrogen and oxygen atoms in total. The highest BCUT2D eigenvalue weighted by Crippen LogP contribution is 2.30. The molecule has 4 aromatic rings. The maximum absolute atomic E-state index is 12.2. The Bertz CT molecular complexity index is 1450. The molecule has 0 amide bonds. The highest BCUT2D eigenvalue weighted by atomic mass is 16.8. The Morgan fingerprint density at radius 3 is 1.48 bits per heavy atom. The molecule has 1 saturated heterocycles. The fraction of sp³-hybridized carbons (Fsp3) is 0.289. The summed E-state index contributed by atoms with van der Waals surface area (Å²) in [6.07, 6.45) is -0.0704. The van der Waals surface area contributed by atoms with Crippen molar-refractivity contribution >= 4 is 5.97 Å². The largest absolute Gasteiger partial charge is 0.463 e. The molecular weight excluding hydrogens is 582 g/mol. The molecule has 46 heavy (non-hydrogen) atoms. The second-order valence-corrected chi connectivity index (χ2v) is 10.8. The molecule has 5 atom stereocenters. The number of benzene rings is 4. The van der Waals surface area contributed by atoms with Gasteiger partial charge in [0.25, 0.3) is 0 Å². The predicted molar refractivity (Wildman–Crippen MR) is 174 cm³/mol. The molecule has 1 N–H and O–H groups in total. The third kappa shape index (κ3) is 10.1. The Morgan fingerprint density at radius 2 is 1.02 bits per heavy atom. The maximum Gasteiger partial charge on any atom is 0.332 e. The molecule has 1 heterocycles. The van der Waals surface area contributed by atoms with Gasteiger partial charge in [0, 0.05) is 12.3 Å². The molecule has 0 bridgehead atoms. The zero-order valence-corrected chi connectivity index (χ0v) is 26.0. The number of esters is 1. The summed E-state index contributed by atoms with van der Waals surface area (Å²) in [6.45, 7) is 3.25. The van der Waals surface area contributed by atoms with Crippen LogP contribution in [-0.4, -0.2) is 43.4 Å². The Morgan fingerprint density at radius 1 is 0.609 bits per heavy atom. The van der Waals surface area contributed by atoms with Crippen molar-refractivity contribution in [3.63, 3.8) is 0 Å². The van der Waals surface area contributed by atoms with Gasteiger partial charge in [-0.05, 0) is 29.2 Å². The average Bonchev–Trinajstić information content (AvgIpc) is 3.10. The van der Waals surface area contributed by atoms with E-state index in [2.05, 4.69) is 5.32 Å². The molecule has 0 aliphatic carbocycles. The topological polar surface area (TPSA) is 84.5 Å². The van der Waals surface area contributed by atoms with Gasteiger partial charge in [-0.25, -0.2) is 4.79 Å². The SMILES string of the molecule is CCOC(=O)/C=C\N[C@H]1[C@@H](OCc2ccccc2)O[C@H](OCc2ccccc2)[C@@H](OCc2ccccc2)[C@@H]1OCc1ccccc1. The van der Waals surface area contributed by atoms with E-state index in [4.69, 9.17) is 28.4 Å². The van der Waals surface area contributed by atoms with Crippen molar-refractivity contribution < 1.29 is 33.2 Å². The van der Waals surface area contributed by atoms with Crippen LogP contribution >= 0.6 is 0 Å². The smallest absolute Gasteiger partial charge is 0.332 e. The molecule has 8 heteroatoms. The van der Waals surface area contributed by atoms with Gasteiger partial charge in [-0.3, -0.25) is 0 Å². The van der Waals surface area contributed by atoms with Crippen LogP contribution in [0.1, 0.15) is 29.2 Å². The molecule has 240 valence electrons. The molecule has 0 spiro atoms. The first-order valence-electron chi connectivity index (χ1n) is 15.6. The molecule has 1 fully saturated rings. The van der Waals surface area contributed by atoms with E-state index < -0.39 is 36.8 Å². The number of hydrogen-bond acceptors (Lipinski definition) is 8. The minimum Gasteiger partial charge on any atom is -0.463 e. The Kier molecular flexibility index (Phi) is 12.9. The number of carbonyl (C=O) groups excluding carboxylic acids is 1. The van der Waals surface area contributed by atoms with E-state index in [-0.39, 0.29) is 13.2 Å². The molecule has 1 aliphatic rings. The standard InChI is InChI=1S/C38H41NO7/c1-2-41-33(40)23-24-39-34-35(42-25-29-15-7-3-8-16-29)36(43-26-30-17-9-4-10-18-30)38(45-28-32-21-13-6-14-22-32)46-37(34)44-27-31-19-11-5-12-20-31/h3-24,34-39H,2,25-28H2,1H3/b24-23-/t34-,35-,36+,37+,38+/m1/s1. The van der Waals surface area contributed by atoms with Crippen molar-refractivity contribution in [1.29, 1.82) is 0 Å². The highest BCUT2D eigenvalue weighted by Gasteiger charge is 2.48. The Balaban J connectivity index is 1.46. The number of ether oxygens (including phenoxy) is 6. The van der Waals surface area contributed by atoms with Gasteiger partial charge >= 0.3 is 5.97 Å². The van der Waals surface area contributed by atoms with Crippen LogP contribution in [0.2, 0.25) is 0 Å². The van der Waals surface area contributed by atoms with Crippen LogP contribution in [-0.2, 0) is 59.6 Å². The van der Waals surface area contributed by atoms with E-state index in [1.54, 1.807) is 13.1 Å². The lowest BCUT2D eigenvalue weighted by Crippen LogP contribution is -2.64. The van der Waals surface area contributed by atoms with Crippen molar-refractivity contribution in [2.75, 3.05) is 6.61 Å². The maximum atomic E-state index is 12.2. The van der Waals surface area contributed by atoms with Gasteiger partial charge in [0.1, 0.15) is 18.2 Å². The molecule has 0 aromatic heterocycles. The van der Waals surface area contributed by atoms with Crippen LogP contribution < -0.4 is 5.32 Å². The Hall–Kier alpha value is -4.31. The predicted octanol–water partition coefficient (Wildman–Crippen LogP) is 6.31. The number of nitrogens with one attached hydrogen (secondary N) is 1. The van der Waals surface area contributed by atoms with Crippen LogP contribution in [0.3, 0.4) is 0 Å². The third-order valence-electron chi connectivity index (χ3n) is 7.39. The molecule has 1 aliphatic heterocycles. The van der Waals surface area contributed by atoms with Crippen LogP contribution in [0.25, 0.3) is 0 Å². The van der Waals surface area contributed by atoms with E-state index in [1.165, 1.54) is 6.08 Å².